The fraction of sp³-hybridized carbons (Fsp3) is 0.429. The lowest BCUT2D eigenvalue weighted by atomic mass is 10.0. The Bertz CT molecular complexity index is 447. The van der Waals surface area contributed by atoms with Crippen molar-refractivity contribution in [3.8, 4) is 0 Å². The molecular formula is C14H18O3S. The summed E-state index contributed by atoms with van der Waals surface area (Å²) in [4.78, 5) is 23.6. The molecular weight excluding hydrogens is 248 g/mol. The first-order valence-electron chi connectivity index (χ1n) is 5.80. The number of rotatable bonds is 5. The van der Waals surface area contributed by atoms with Crippen LogP contribution in [0.15, 0.2) is 29.2 Å². The number of benzene rings is 1. The number of carboxylic acid groups (broad SMARTS) is 1. The van der Waals surface area contributed by atoms with Gasteiger partial charge in [-0.3, -0.25) is 9.59 Å². The molecule has 0 aliphatic carbocycles. The molecule has 0 bridgehead atoms. The average molecular weight is 266 g/mol. The lowest BCUT2D eigenvalue weighted by Crippen LogP contribution is -2.26. The third kappa shape index (κ3) is 3.60. The summed E-state index contributed by atoms with van der Waals surface area (Å²) in [6, 6.07) is 7.10. The zero-order valence-corrected chi connectivity index (χ0v) is 11.9. The Kier molecular flexibility index (Phi) is 4.57. The van der Waals surface area contributed by atoms with E-state index in [1.165, 1.54) is 11.8 Å². The van der Waals surface area contributed by atoms with Crippen LogP contribution in [0.25, 0.3) is 0 Å². The number of Topliss-reactive ketones (excluding diaryl/α,β-unsaturated/α-hetero) is 1. The van der Waals surface area contributed by atoms with E-state index in [2.05, 4.69) is 0 Å². The summed E-state index contributed by atoms with van der Waals surface area (Å²) < 4.78 is -0.871. The minimum Gasteiger partial charge on any atom is -0.480 e. The van der Waals surface area contributed by atoms with Gasteiger partial charge in [0.25, 0.3) is 0 Å². The molecule has 0 aromatic heterocycles. The van der Waals surface area contributed by atoms with Gasteiger partial charge in [-0.2, -0.15) is 0 Å². The molecule has 0 aliphatic rings. The highest BCUT2D eigenvalue weighted by Gasteiger charge is 2.28. The van der Waals surface area contributed by atoms with E-state index in [0.717, 1.165) is 4.90 Å². The van der Waals surface area contributed by atoms with Gasteiger partial charge in [0.05, 0.1) is 0 Å². The number of carbonyl (C=O) groups excluding carboxylic acids is 1. The minimum absolute atomic E-state index is 0.0287. The van der Waals surface area contributed by atoms with E-state index in [4.69, 9.17) is 5.11 Å². The molecule has 0 spiro atoms. The molecule has 0 fully saturated rings. The summed E-state index contributed by atoms with van der Waals surface area (Å²) in [7, 11) is 0. The summed E-state index contributed by atoms with van der Waals surface area (Å²) in [5.41, 5.74) is 0.669. The highest BCUT2D eigenvalue weighted by Crippen LogP contribution is 2.32. The van der Waals surface area contributed by atoms with Crippen LogP contribution in [-0.2, 0) is 4.79 Å². The Morgan fingerprint density at radius 2 is 1.67 bits per heavy atom. The van der Waals surface area contributed by atoms with Gasteiger partial charge in [-0.25, -0.2) is 0 Å². The number of carbonyl (C=O) groups is 2. The van der Waals surface area contributed by atoms with Crippen LogP contribution in [0.5, 0.6) is 0 Å². The average Bonchev–Trinajstić information content (AvgIpc) is 2.28. The molecule has 1 aromatic carbocycles. The molecule has 0 radical (unpaired) electrons. The molecule has 4 heteroatoms. The molecule has 0 saturated carbocycles. The predicted molar refractivity (Wildman–Crippen MR) is 73.2 cm³/mol. The number of thioether (sulfide) groups is 1. The minimum atomic E-state index is -0.871. The fourth-order valence-corrected chi connectivity index (χ4v) is 2.31. The second-order valence-electron chi connectivity index (χ2n) is 4.96. The van der Waals surface area contributed by atoms with Crippen molar-refractivity contribution in [1.82, 2.24) is 0 Å². The quantitative estimate of drug-likeness (QED) is 0.655. The van der Waals surface area contributed by atoms with Crippen molar-refractivity contribution in [1.29, 1.82) is 0 Å². The Labute approximate surface area is 112 Å². The smallest absolute Gasteiger partial charge is 0.319 e. The molecule has 0 aliphatic heterocycles. The van der Waals surface area contributed by atoms with E-state index in [1.54, 1.807) is 38.1 Å². The molecule has 1 rings (SSSR count). The Morgan fingerprint density at radius 3 is 2.06 bits per heavy atom. The van der Waals surface area contributed by atoms with Gasteiger partial charge in [0.15, 0.2) is 5.78 Å². The van der Waals surface area contributed by atoms with E-state index in [0.29, 0.717) is 5.56 Å². The summed E-state index contributed by atoms with van der Waals surface area (Å²) in [5.74, 6) is -0.780. The van der Waals surface area contributed by atoms with Crippen molar-refractivity contribution in [3.63, 3.8) is 0 Å². The fourth-order valence-electron chi connectivity index (χ4n) is 1.36. The van der Waals surface area contributed by atoms with Gasteiger partial charge >= 0.3 is 5.97 Å². The third-order valence-electron chi connectivity index (χ3n) is 2.55. The zero-order valence-electron chi connectivity index (χ0n) is 11.1. The van der Waals surface area contributed by atoms with Crippen LogP contribution in [0.2, 0.25) is 0 Å². The predicted octanol–water partition coefficient (Wildman–Crippen LogP) is 3.48. The summed E-state index contributed by atoms with van der Waals surface area (Å²) >= 11 is 1.27. The second-order valence-corrected chi connectivity index (χ2v) is 6.66. The van der Waals surface area contributed by atoms with Crippen molar-refractivity contribution < 1.29 is 14.7 Å². The number of hydrogen-bond acceptors (Lipinski definition) is 3. The molecule has 0 heterocycles. The maximum atomic E-state index is 11.7. The van der Waals surface area contributed by atoms with E-state index < -0.39 is 10.7 Å². The second kappa shape index (κ2) is 5.57. The maximum Gasteiger partial charge on any atom is 0.319 e. The first-order valence-corrected chi connectivity index (χ1v) is 6.62. The summed E-state index contributed by atoms with van der Waals surface area (Å²) in [6.07, 6.45) is 0. The van der Waals surface area contributed by atoms with E-state index >= 15 is 0 Å². The molecule has 18 heavy (non-hydrogen) atoms. The maximum absolute atomic E-state index is 11.7. The number of aliphatic carboxylic acids is 1. The Balaban J connectivity index is 2.84. The summed E-state index contributed by atoms with van der Waals surface area (Å²) in [6.45, 7) is 7.04. The van der Waals surface area contributed by atoms with Crippen LogP contribution in [0.4, 0.5) is 0 Å². The SMILES string of the molecule is CC(C)C(=O)c1ccc(SC(C)(C)C(=O)O)cc1. The number of carboxylic acids is 1. The van der Waals surface area contributed by atoms with Crippen molar-refractivity contribution in [3.05, 3.63) is 29.8 Å². The highest BCUT2D eigenvalue weighted by atomic mass is 32.2. The van der Waals surface area contributed by atoms with Crippen molar-refractivity contribution >= 4 is 23.5 Å². The van der Waals surface area contributed by atoms with Gasteiger partial charge in [-0.1, -0.05) is 26.0 Å². The molecule has 1 aromatic rings. The molecule has 0 atom stereocenters. The van der Waals surface area contributed by atoms with Gasteiger partial charge in [0.1, 0.15) is 4.75 Å². The normalized spacial score (nSPS) is 11.6. The lowest BCUT2D eigenvalue weighted by Gasteiger charge is -2.18. The Hall–Kier alpha value is -1.29. The van der Waals surface area contributed by atoms with E-state index in [9.17, 15) is 9.59 Å². The van der Waals surface area contributed by atoms with Crippen molar-refractivity contribution in [2.24, 2.45) is 5.92 Å². The van der Waals surface area contributed by atoms with Crippen LogP contribution in [0.1, 0.15) is 38.1 Å². The van der Waals surface area contributed by atoms with Crippen molar-refractivity contribution in [2.75, 3.05) is 0 Å². The molecule has 0 saturated heterocycles. The lowest BCUT2D eigenvalue weighted by molar-refractivity contribution is -0.138. The molecule has 1 N–H and O–H groups in total. The third-order valence-corrected chi connectivity index (χ3v) is 3.74. The largest absolute Gasteiger partial charge is 0.480 e. The Morgan fingerprint density at radius 1 is 1.17 bits per heavy atom. The molecule has 0 unspecified atom stereocenters. The van der Waals surface area contributed by atoms with Crippen LogP contribution in [-0.4, -0.2) is 21.6 Å². The van der Waals surface area contributed by atoms with Gasteiger partial charge in [-0.05, 0) is 26.0 Å². The van der Waals surface area contributed by atoms with Crippen LogP contribution >= 0.6 is 11.8 Å². The number of hydrogen-bond donors (Lipinski definition) is 1. The van der Waals surface area contributed by atoms with Gasteiger partial charge < -0.3 is 5.11 Å². The first kappa shape index (κ1) is 14.8. The number of ketones is 1. The van der Waals surface area contributed by atoms with Crippen LogP contribution in [0.3, 0.4) is 0 Å². The van der Waals surface area contributed by atoms with Gasteiger partial charge in [-0.15, -0.1) is 11.8 Å². The van der Waals surface area contributed by atoms with Gasteiger partial charge in [0, 0.05) is 16.4 Å². The van der Waals surface area contributed by atoms with Crippen LogP contribution in [0, 0.1) is 5.92 Å². The topological polar surface area (TPSA) is 54.4 Å². The van der Waals surface area contributed by atoms with E-state index in [1.807, 2.05) is 13.8 Å². The van der Waals surface area contributed by atoms with Crippen molar-refractivity contribution in [2.45, 2.75) is 37.3 Å². The molecule has 98 valence electrons. The van der Waals surface area contributed by atoms with Crippen LogP contribution < -0.4 is 0 Å². The highest BCUT2D eigenvalue weighted by molar-refractivity contribution is 8.01. The monoisotopic (exact) mass is 266 g/mol. The summed E-state index contributed by atoms with van der Waals surface area (Å²) in [5, 5.41) is 9.04. The molecule has 3 nitrogen and oxygen atoms in total. The zero-order chi connectivity index (χ0) is 13.9. The standard InChI is InChI=1S/C14H18O3S/c1-9(2)12(15)10-5-7-11(8-6-10)18-14(3,4)13(16)17/h5-9H,1-4H3,(H,16,17). The van der Waals surface area contributed by atoms with E-state index in [-0.39, 0.29) is 11.7 Å². The molecule has 0 amide bonds. The van der Waals surface area contributed by atoms with Gasteiger partial charge in [0.2, 0.25) is 0 Å². The first-order chi connectivity index (χ1) is 8.24.